The standard InChI is InChI=1S/C9H15F3N2/c1-2-3-4-5-14-7-8(6-13)9(10,11)12/h8,14H,2-5,7H2,1H3. The molecule has 0 heterocycles. The first kappa shape index (κ1) is 13.2. The van der Waals surface area contributed by atoms with E-state index in [1.54, 1.807) is 0 Å². The first-order valence-electron chi connectivity index (χ1n) is 4.69. The molecule has 0 spiro atoms. The van der Waals surface area contributed by atoms with Crippen molar-refractivity contribution in [2.24, 2.45) is 5.92 Å². The highest BCUT2D eigenvalue weighted by Crippen LogP contribution is 2.24. The van der Waals surface area contributed by atoms with Gasteiger partial charge in [0.15, 0.2) is 5.92 Å². The second-order valence-electron chi connectivity index (χ2n) is 3.13. The van der Waals surface area contributed by atoms with Crippen LogP contribution in [0.4, 0.5) is 13.2 Å². The summed E-state index contributed by atoms with van der Waals surface area (Å²) in [6.07, 6.45) is -1.53. The number of nitrogens with zero attached hydrogens (tertiary/aromatic N) is 1. The maximum atomic E-state index is 12.0. The van der Waals surface area contributed by atoms with Crippen molar-refractivity contribution in [2.75, 3.05) is 13.1 Å². The normalized spacial score (nSPS) is 13.6. The van der Waals surface area contributed by atoms with Crippen molar-refractivity contribution in [1.82, 2.24) is 5.32 Å². The molecular formula is C9H15F3N2. The minimum absolute atomic E-state index is 0.302. The summed E-state index contributed by atoms with van der Waals surface area (Å²) in [6.45, 7) is 2.26. The fourth-order valence-corrected chi connectivity index (χ4v) is 0.981. The minimum Gasteiger partial charge on any atom is -0.315 e. The van der Waals surface area contributed by atoms with Gasteiger partial charge in [0.2, 0.25) is 0 Å². The third-order valence-electron chi connectivity index (χ3n) is 1.86. The number of nitriles is 1. The van der Waals surface area contributed by atoms with E-state index in [2.05, 4.69) is 5.32 Å². The van der Waals surface area contributed by atoms with Crippen molar-refractivity contribution < 1.29 is 13.2 Å². The second-order valence-corrected chi connectivity index (χ2v) is 3.13. The predicted octanol–water partition coefficient (Wildman–Crippen LogP) is 2.47. The number of alkyl halides is 3. The van der Waals surface area contributed by atoms with Gasteiger partial charge in [0.1, 0.15) is 0 Å². The van der Waals surface area contributed by atoms with Crippen LogP contribution in [0.25, 0.3) is 0 Å². The molecule has 0 amide bonds. The average Bonchev–Trinajstić information content (AvgIpc) is 2.09. The smallest absolute Gasteiger partial charge is 0.315 e. The summed E-state index contributed by atoms with van der Waals surface area (Å²) in [5.74, 6) is -1.89. The average molecular weight is 208 g/mol. The van der Waals surface area contributed by atoms with Crippen LogP contribution in [0.2, 0.25) is 0 Å². The van der Waals surface area contributed by atoms with E-state index in [1.165, 1.54) is 6.07 Å². The van der Waals surface area contributed by atoms with Crippen molar-refractivity contribution in [3.05, 3.63) is 0 Å². The highest BCUT2D eigenvalue weighted by molar-refractivity contribution is 4.89. The largest absolute Gasteiger partial charge is 0.405 e. The van der Waals surface area contributed by atoms with Crippen LogP contribution in [0.1, 0.15) is 26.2 Å². The zero-order chi connectivity index (χ0) is 11.0. The number of unbranched alkanes of at least 4 members (excludes halogenated alkanes) is 2. The molecule has 1 N–H and O–H groups in total. The van der Waals surface area contributed by atoms with Crippen molar-refractivity contribution in [3.8, 4) is 6.07 Å². The van der Waals surface area contributed by atoms with Crippen molar-refractivity contribution in [3.63, 3.8) is 0 Å². The third kappa shape index (κ3) is 5.81. The van der Waals surface area contributed by atoms with Gasteiger partial charge < -0.3 is 5.32 Å². The van der Waals surface area contributed by atoms with Crippen LogP contribution in [0.5, 0.6) is 0 Å². The summed E-state index contributed by atoms with van der Waals surface area (Å²) in [5, 5.41) is 10.9. The third-order valence-corrected chi connectivity index (χ3v) is 1.86. The van der Waals surface area contributed by atoms with E-state index in [4.69, 9.17) is 5.26 Å². The lowest BCUT2D eigenvalue weighted by Gasteiger charge is -2.13. The van der Waals surface area contributed by atoms with E-state index in [9.17, 15) is 13.2 Å². The van der Waals surface area contributed by atoms with Gasteiger partial charge in [0.05, 0.1) is 6.07 Å². The molecule has 2 nitrogen and oxygen atoms in total. The molecule has 0 saturated heterocycles. The molecule has 0 rings (SSSR count). The maximum absolute atomic E-state index is 12.0. The van der Waals surface area contributed by atoms with Crippen LogP contribution in [-0.4, -0.2) is 19.3 Å². The molecule has 0 aliphatic heterocycles. The lowest BCUT2D eigenvalue weighted by Crippen LogP contribution is -2.32. The Bertz CT molecular complexity index is 183. The lowest BCUT2D eigenvalue weighted by atomic mass is 10.1. The topological polar surface area (TPSA) is 35.8 Å². The molecule has 0 aliphatic carbocycles. The van der Waals surface area contributed by atoms with Gasteiger partial charge in [-0.25, -0.2) is 0 Å². The van der Waals surface area contributed by atoms with Crippen LogP contribution >= 0.6 is 0 Å². The van der Waals surface area contributed by atoms with E-state index in [1.807, 2.05) is 6.92 Å². The number of halogens is 3. The molecule has 0 bridgehead atoms. The van der Waals surface area contributed by atoms with Crippen molar-refractivity contribution in [2.45, 2.75) is 32.4 Å². The zero-order valence-corrected chi connectivity index (χ0v) is 8.19. The molecule has 1 unspecified atom stereocenters. The molecular weight excluding hydrogens is 193 g/mol. The first-order valence-corrected chi connectivity index (χ1v) is 4.69. The van der Waals surface area contributed by atoms with E-state index >= 15 is 0 Å². The molecule has 0 aromatic carbocycles. The van der Waals surface area contributed by atoms with Gasteiger partial charge in [-0.15, -0.1) is 0 Å². The van der Waals surface area contributed by atoms with Crippen LogP contribution in [0.15, 0.2) is 0 Å². The molecule has 0 aliphatic rings. The second kappa shape index (κ2) is 6.66. The fourth-order valence-electron chi connectivity index (χ4n) is 0.981. The number of hydrogen-bond donors (Lipinski definition) is 1. The van der Waals surface area contributed by atoms with Crippen LogP contribution < -0.4 is 5.32 Å². The Hall–Kier alpha value is -0.760. The Morgan fingerprint density at radius 1 is 1.36 bits per heavy atom. The molecule has 1 atom stereocenters. The Morgan fingerprint density at radius 3 is 2.43 bits per heavy atom. The Balaban J connectivity index is 3.61. The van der Waals surface area contributed by atoms with E-state index in [0.717, 1.165) is 19.3 Å². The van der Waals surface area contributed by atoms with Gasteiger partial charge in [-0.2, -0.15) is 18.4 Å². The van der Waals surface area contributed by atoms with E-state index in [-0.39, 0.29) is 6.54 Å². The number of nitrogens with one attached hydrogen (secondary N) is 1. The fraction of sp³-hybridized carbons (Fsp3) is 0.889. The molecule has 82 valence electrons. The number of hydrogen-bond acceptors (Lipinski definition) is 2. The molecule has 5 heteroatoms. The van der Waals surface area contributed by atoms with Crippen LogP contribution in [0.3, 0.4) is 0 Å². The Labute approximate surface area is 82.1 Å². The van der Waals surface area contributed by atoms with Gasteiger partial charge >= 0.3 is 6.18 Å². The summed E-state index contributed by atoms with van der Waals surface area (Å²) in [6, 6.07) is 1.25. The monoisotopic (exact) mass is 208 g/mol. The molecule has 0 radical (unpaired) electrons. The molecule has 0 fully saturated rings. The molecule has 0 aromatic rings. The van der Waals surface area contributed by atoms with Gasteiger partial charge in [0.25, 0.3) is 0 Å². The number of rotatable bonds is 6. The first-order chi connectivity index (χ1) is 6.52. The molecule has 14 heavy (non-hydrogen) atoms. The van der Waals surface area contributed by atoms with Crippen LogP contribution in [0, 0.1) is 17.2 Å². The Morgan fingerprint density at radius 2 is 2.00 bits per heavy atom. The summed E-state index contributed by atoms with van der Waals surface area (Å²) in [4.78, 5) is 0. The highest BCUT2D eigenvalue weighted by Gasteiger charge is 2.39. The quantitative estimate of drug-likeness (QED) is 0.680. The molecule has 0 aromatic heterocycles. The minimum atomic E-state index is -4.41. The van der Waals surface area contributed by atoms with Crippen molar-refractivity contribution >= 4 is 0 Å². The summed E-state index contributed by atoms with van der Waals surface area (Å²) in [7, 11) is 0. The van der Waals surface area contributed by atoms with Crippen molar-refractivity contribution in [1.29, 1.82) is 5.26 Å². The van der Waals surface area contributed by atoms with Gasteiger partial charge in [-0.1, -0.05) is 19.8 Å². The van der Waals surface area contributed by atoms with E-state index in [0.29, 0.717) is 6.54 Å². The summed E-state index contributed by atoms with van der Waals surface area (Å²) >= 11 is 0. The lowest BCUT2D eigenvalue weighted by molar-refractivity contribution is -0.157. The van der Waals surface area contributed by atoms with E-state index < -0.39 is 12.1 Å². The Kier molecular flexibility index (Phi) is 6.30. The highest BCUT2D eigenvalue weighted by atomic mass is 19.4. The molecule has 0 saturated carbocycles. The summed E-state index contributed by atoms with van der Waals surface area (Å²) < 4.78 is 36.1. The maximum Gasteiger partial charge on any atom is 0.405 e. The summed E-state index contributed by atoms with van der Waals surface area (Å²) in [5.41, 5.74) is 0. The van der Waals surface area contributed by atoms with Crippen LogP contribution in [-0.2, 0) is 0 Å². The predicted molar refractivity (Wildman–Crippen MR) is 47.6 cm³/mol. The van der Waals surface area contributed by atoms with Gasteiger partial charge in [0, 0.05) is 6.54 Å². The van der Waals surface area contributed by atoms with Gasteiger partial charge in [-0.3, -0.25) is 0 Å². The zero-order valence-electron chi connectivity index (χ0n) is 8.19. The SMILES string of the molecule is CCCCCNCC(C#N)C(F)(F)F. The van der Waals surface area contributed by atoms with Gasteiger partial charge in [-0.05, 0) is 13.0 Å².